The first-order chi connectivity index (χ1) is 12.6. The molecule has 3 rings (SSSR count). The Morgan fingerprint density at radius 1 is 1.38 bits per heavy atom. The molecule has 1 aromatic carbocycles. The molecule has 7 nitrogen and oxygen atoms in total. The first-order valence-electron chi connectivity index (χ1n) is 8.64. The van der Waals surface area contributed by atoms with Crippen LogP contribution < -0.4 is 15.5 Å². The first kappa shape index (κ1) is 18.1. The Labute approximate surface area is 151 Å². The van der Waals surface area contributed by atoms with E-state index >= 15 is 0 Å². The standard InChI is InChI=1S/C17H23F2N7/c1-3-20-17(21-9-16-24-22-11-25(16)2)23-13-6-7-26(10-13)15-5-4-12(18)8-14(15)19/h4-5,8,11,13H,3,6-7,9-10H2,1-2H3,(H2,20,21,23). The van der Waals surface area contributed by atoms with E-state index in [9.17, 15) is 8.78 Å². The number of aryl methyl sites for hydroxylation is 1. The fourth-order valence-corrected chi connectivity index (χ4v) is 2.95. The molecular weight excluding hydrogens is 340 g/mol. The van der Waals surface area contributed by atoms with Crippen LogP contribution in [0.2, 0.25) is 0 Å². The zero-order valence-corrected chi connectivity index (χ0v) is 14.9. The van der Waals surface area contributed by atoms with Crippen LogP contribution in [0.5, 0.6) is 0 Å². The number of guanidine groups is 1. The van der Waals surface area contributed by atoms with Gasteiger partial charge >= 0.3 is 0 Å². The Bertz CT molecular complexity index is 774. The highest BCUT2D eigenvalue weighted by molar-refractivity contribution is 5.80. The minimum Gasteiger partial charge on any atom is -0.367 e. The molecule has 1 aliphatic rings. The normalized spacial score (nSPS) is 17.6. The fraction of sp³-hybridized carbons (Fsp3) is 0.471. The van der Waals surface area contributed by atoms with Gasteiger partial charge in [0.15, 0.2) is 11.8 Å². The summed E-state index contributed by atoms with van der Waals surface area (Å²) in [7, 11) is 1.87. The van der Waals surface area contributed by atoms with Crippen LogP contribution in [0.4, 0.5) is 14.5 Å². The Morgan fingerprint density at radius 2 is 2.23 bits per heavy atom. The smallest absolute Gasteiger partial charge is 0.191 e. The molecule has 2 N–H and O–H groups in total. The molecule has 0 spiro atoms. The van der Waals surface area contributed by atoms with E-state index in [2.05, 4.69) is 25.8 Å². The topological polar surface area (TPSA) is 70.4 Å². The van der Waals surface area contributed by atoms with Gasteiger partial charge in [0, 0.05) is 38.8 Å². The first-order valence-corrected chi connectivity index (χ1v) is 8.64. The summed E-state index contributed by atoms with van der Waals surface area (Å²) in [6, 6.07) is 3.81. The van der Waals surface area contributed by atoms with Gasteiger partial charge in [-0.1, -0.05) is 0 Å². The molecule has 2 heterocycles. The second kappa shape index (κ2) is 8.11. The number of nitrogens with one attached hydrogen (secondary N) is 2. The van der Waals surface area contributed by atoms with Crippen molar-refractivity contribution in [2.45, 2.75) is 25.9 Å². The van der Waals surface area contributed by atoms with Gasteiger partial charge in [0.25, 0.3) is 0 Å². The maximum absolute atomic E-state index is 14.0. The molecule has 1 fully saturated rings. The number of rotatable bonds is 5. The van der Waals surface area contributed by atoms with Crippen LogP contribution in [0.1, 0.15) is 19.2 Å². The van der Waals surface area contributed by atoms with Gasteiger partial charge in [-0.2, -0.15) is 0 Å². The number of hydrogen-bond acceptors (Lipinski definition) is 4. The molecule has 1 aromatic heterocycles. The zero-order valence-electron chi connectivity index (χ0n) is 14.9. The van der Waals surface area contributed by atoms with Gasteiger partial charge in [-0.25, -0.2) is 13.8 Å². The lowest BCUT2D eigenvalue weighted by Crippen LogP contribution is -2.44. The van der Waals surface area contributed by atoms with E-state index in [4.69, 9.17) is 0 Å². The lowest BCUT2D eigenvalue weighted by Gasteiger charge is -2.21. The lowest BCUT2D eigenvalue weighted by molar-refractivity contribution is 0.580. The maximum Gasteiger partial charge on any atom is 0.191 e. The van der Waals surface area contributed by atoms with Gasteiger partial charge in [0.2, 0.25) is 0 Å². The van der Waals surface area contributed by atoms with Crippen LogP contribution in [0.15, 0.2) is 29.5 Å². The van der Waals surface area contributed by atoms with E-state index < -0.39 is 11.6 Å². The molecular formula is C17H23F2N7. The summed E-state index contributed by atoms with van der Waals surface area (Å²) in [5.74, 6) is 0.351. The SMILES string of the molecule is CCNC(=NCc1nncn1C)NC1CCN(c2ccc(F)cc2F)C1. The van der Waals surface area contributed by atoms with Gasteiger partial charge in [0.05, 0.1) is 5.69 Å². The Kier molecular flexibility index (Phi) is 5.65. The van der Waals surface area contributed by atoms with E-state index in [1.165, 1.54) is 12.1 Å². The zero-order chi connectivity index (χ0) is 18.5. The summed E-state index contributed by atoms with van der Waals surface area (Å²) in [5, 5.41) is 14.4. The number of hydrogen-bond donors (Lipinski definition) is 2. The molecule has 0 amide bonds. The molecule has 2 aromatic rings. The molecule has 1 saturated heterocycles. The van der Waals surface area contributed by atoms with Crippen LogP contribution in [0.3, 0.4) is 0 Å². The number of benzene rings is 1. The summed E-state index contributed by atoms with van der Waals surface area (Å²) < 4.78 is 28.9. The van der Waals surface area contributed by atoms with Gasteiger partial charge < -0.3 is 20.1 Å². The molecule has 9 heteroatoms. The predicted molar refractivity (Wildman–Crippen MR) is 95.9 cm³/mol. The quantitative estimate of drug-likeness (QED) is 0.621. The summed E-state index contributed by atoms with van der Waals surface area (Å²) >= 11 is 0. The third kappa shape index (κ3) is 4.27. The van der Waals surface area contributed by atoms with Crippen LogP contribution in [0, 0.1) is 11.6 Å². The number of aliphatic imine (C=N–C) groups is 1. The monoisotopic (exact) mass is 363 g/mol. The highest BCUT2D eigenvalue weighted by Crippen LogP contribution is 2.24. The van der Waals surface area contributed by atoms with Gasteiger partial charge in [-0.05, 0) is 25.5 Å². The van der Waals surface area contributed by atoms with Crippen LogP contribution in [0.25, 0.3) is 0 Å². The lowest BCUT2D eigenvalue weighted by atomic mass is 10.2. The Balaban J connectivity index is 1.62. The molecule has 1 aliphatic heterocycles. The number of aromatic nitrogens is 3. The second-order valence-corrected chi connectivity index (χ2v) is 6.22. The van der Waals surface area contributed by atoms with Crippen molar-refractivity contribution in [3.63, 3.8) is 0 Å². The third-order valence-corrected chi connectivity index (χ3v) is 4.31. The maximum atomic E-state index is 14.0. The second-order valence-electron chi connectivity index (χ2n) is 6.22. The van der Waals surface area contributed by atoms with Crippen molar-refractivity contribution < 1.29 is 8.78 Å². The van der Waals surface area contributed by atoms with Crippen molar-refractivity contribution in [2.75, 3.05) is 24.5 Å². The molecule has 140 valence electrons. The predicted octanol–water partition coefficient (Wildman–Crippen LogP) is 1.43. The molecule has 0 aliphatic carbocycles. The summed E-state index contributed by atoms with van der Waals surface area (Å²) in [6.07, 6.45) is 2.47. The van der Waals surface area contributed by atoms with E-state index in [1.807, 2.05) is 23.4 Å². The van der Waals surface area contributed by atoms with E-state index in [0.29, 0.717) is 31.3 Å². The van der Waals surface area contributed by atoms with Gasteiger partial charge in [0.1, 0.15) is 24.5 Å². The van der Waals surface area contributed by atoms with Crippen molar-refractivity contribution in [1.82, 2.24) is 25.4 Å². The highest BCUT2D eigenvalue weighted by atomic mass is 19.1. The molecule has 0 radical (unpaired) electrons. The van der Waals surface area contributed by atoms with Crippen LogP contribution >= 0.6 is 0 Å². The number of nitrogens with zero attached hydrogens (tertiary/aromatic N) is 5. The minimum absolute atomic E-state index is 0.122. The molecule has 1 atom stereocenters. The van der Waals surface area contributed by atoms with Gasteiger partial charge in [-0.3, -0.25) is 0 Å². The van der Waals surface area contributed by atoms with Crippen molar-refractivity contribution in [1.29, 1.82) is 0 Å². The Hall–Kier alpha value is -2.71. The van der Waals surface area contributed by atoms with E-state index in [1.54, 1.807) is 6.33 Å². The fourth-order valence-electron chi connectivity index (χ4n) is 2.95. The largest absolute Gasteiger partial charge is 0.367 e. The van der Waals surface area contributed by atoms with Crippen molar-refractivity contribution in [3.05, 3.63) is 42.0 Å². The average Bonchev–Trinajstić information content (AvgIpc) is 3.22. The summed E-state index contributed by atoms with van der Waals surface area (Å²) in [6.45, 7) is 4.46. The average molecular weight is 363 g/mol. The van der Waals surface area contributed by atoms with Crippen LogP contribution in [-0.4, -0.2) is 46.4 Å². The summed E-state index contributed by atoms with van der Waals surface area (Å²) in [4.78, 5) is 6.45. The molecule has 0 saturated carbocycles. The summed E-state index contributed by atoms with van der Waals surface area (Å²) in [5.41, 5.74) is 0.428. The van der Waals surface area contributed by atoms with Crippen molar-refractivity contribution >= 4 is 11.6 Å². The number of halogens is 2. The molecule has 26 heavy (non-hydrogen) atoms. The molecule has 1 unspecified atom stereocenters. The van der Waals surface area contributed by atoms with E-state index in [0.717, 1.165) is 24.9 Å². The number of anilines is 1. The highest BCUT2D eigenvalue weighted by Gasteiger charge is 2.25. The third-order valence-electron chi connectivity index (χ3n) is 4.31. The van der Waals surface area contributed by atoms with Gasteiger partial charge in [-0.15, -0.1) is 10.2 Å². The van der Waals surface area contributed by atoms with Crippen molar-refractivity contribution in [3.8, 4) is 0 Å². The van der Waals surface area contributed by atoms with Crippen LogP contribution in [-0.2, 0) is 13.6 Å². The van der Waals surface area contributed by atoms with E-state index in [-0.39, 0.29) is 6.04 Å². The Morgan fingerprint density at radius 3 is 2.92 bits per heavy atom. The van der Waals surface area contributed by atoms with Crippen molar-refractivity contribution in [2.24, 2.45) is 12.0 Å². The minimum atomic E-state index is -0.564. The molecule has 0 bridgehead atoms.